The number of esters is 1. The maximum Gasteiger partial charge on any atom is 0.311 e. The van der Waals surface area contributed by atoms with Crippen LogP contribution in [0.2, 0.25) is 0 Å². The summed E-state index contributed by atoms with van der Waals surface area (Å²) in [6.45, 7) is 1.38. The number of benzene rings is 1. The first-order chi connectivity index (χ1) is 15.1. The van der Waals surface area contributed by atoms with E-state index in [4.69, 9.17) is 9.47 Å². The number of halogens is 1. The fourth-order valence-corrected chi connectivity index (χ4v) is 4.71. The molecule has 2 aromatic heterocycles. The Morgan fingerprint density at radius 1 is 1.16 bits per heavy atom. The summed E-state index contributed by atoms with van der Waals surface area (Å²) in [5.41, 5.74) is 0.651. The van der Waals surface area contributed by atoms with Crippen molar-refractivity contribution in [3.63, 3.8) is 0 Å². The summed E-state index contributed by atoms with van der Waals surface area (Å²) in [6.07, 6.45) is 1.49. The van der Waals surface area contributed by atoms with Crippen LogP contribution in [0, 0.1) is 11.7 Å². The average Bonchev–Trinajstić information content (AvgIpc) is 3.49. The molecule has 4 rings (SSSR count). The number of aromatic nitrogens is 1. The van der Waals surface area contributed by atoms with Crippen molar-refractivity contribution < 1.29 is 23.5 Å². The van der Waals surface area contributed by atoms with E-state index < -0.39 is 0 Å². The molecule has 1 saturated heterocycles. The second-order valence-electron chi connectivity index (χ2n) is 7.15. The molecule has 0 bridgehead atoms. The monoisotopic (exact) mass is 460 g/mol. The van der Waals surface area contributed by atoms with E-state index in [0.717, 1.165) is 11.4 Å². The molecule has 31 heavy (non-hydrogen) atoms. The molecule has 1 aromatic carbocycles. The first-order valence-electron chi connectivity index (χ1n) is 9.89. The SMILES string of the molecule is O=C(OCc1csc(COc2ccc(F)cc2)n1)C1CCCN(C(=O)c2cccs2)C1. The number of hydrogen-bond donors (Lipinski definition) is 0. The number of carbonyl (C=O) groups excluding carboxylic acids is 2. The Kier molecular flexibility index (Phi) is 6.93. The number of amides is 1. The fourth-order valence-electron chi connectivity index (χ4n) is 3.33. The van der Waals surface area contributed by atoms with E-state index in [0.29, 0.717) is 35.8 Å². The molecule has 1 aliphatic heterocycles. The zero-order valence-corrected chi connectivity index (χ0v) is 18.3. The van der Waals surface area contributed by atoms with E-state index in [1.165, 1.54) is 34.8 Å². The summed E-state index contributed by atoms with van der Waals surface area (Å²) in [5.74, 6) is -0.414. The smallest absolute Gasteiger partial charge is 0.311 e. The molecular formula is C22H21FN2O4S2. The highest BCUT2D eigenvalue weighted by atomic mass is 32.1. The molecule has 1 atom stereocenters. The summed E-state index contributed by atoms with van der Waals surface area (Å²) in [4.78, 5) is 31.9. The molecule has 0 aliphatic carbocycles. The zero-order valence-electron chi connectivity index (χ0n) is 16.7. The fraction of sp³-hybridized carbons (Fsp3) is 0.318. The zero-order chi connectivity index (χ0) is 21.6. The molecule has 1 aliphatic rings. The van der Waals surface area contributed by atoms with Gasteiger partial charge in [-0.3, -0.25) is 9.59 Å². The molecule has 9 heteroatoms. The minimum atomic E-state index is -0.322. The number of hydrogen-bond acceptors (Lipinski definition) is 7. The standard InChI is InChI=1S/C22H21FN2O4S2/c23-16-5-7-18(8-6-16)28-13-20-24-17(14-31-20)12-29-22(27)15-3-1-9-25(11-15)21(26)19-4-2-10-30-19/h2,4-8,10,14-15H,1,3,9,11-13H2. The molecule has 1 fully saturated rings. The van der Waals surface area contributed by atoms with E-state index in [1.54, 1.807) is 23.1 Å². The molecular weight excluding hydrogens is 439 g/mol. The van der Waals surface area contributed by atoms with Crippen LogP contribution in [-0.2, 0) is 22.7 Å². The minimum Gasteiger partial charge on any atom is -0.486 e. The van der Waals surface area contributed by atoms with Gasteiger partial charge in [-0.2, -0.15) is 0 Å². The van der Waals surface area contributed by atoms with Gasteiger partial charge in [-0.1, -0.05) is 6.07 Å². The maximum absolute atomic E-state index is 12.9. The van der Waals surface area contributed by atoms with Gasteiger partial charge in [0, 0.05) is 18.5 Å². The number of nitrogens with zero attached hydrogens (tertiary/aromatic N) is 2. The van der Waals surface area contributed by atoms with Gasteiger partial charge in [0.05, 0.1) is 16.5 Å². The highest BCUT2D eigenvalue weighted by molar-refractivity contribution is 7.12. The molecule has 162 valence electrons. The van der Waals surface area contributed by atoms with Gasteiger partial charge in [-0.15, -0.1) is 22.7 Å². The van der Waals surface area contributed by atoms with Crippen LogP contribution in [0.15, 0.2) is 47.2 Å². The van der Waals surface area contributed by atoms with Gasteiger partial charge in [-0.05, 0) is 48.6 Å². The van der Waals surface area contributed by atoms with Crippen LogP contribution in [0.5, 0.6) is 5.75 Å². The first-order valence-corrected chi connectivity index (χ1v) is 11.7. The van der Waals surface area contributed by atoms with E-state index >= 15 is 0 Å². The molecule has 0 radical (unpaired) electrons. The first kappa shape index (κ1) is 21.5. The van der Waals surface area contributed by atoms with Crippen LogP contribution in [-0.4, -0.2) is 34.8 Å². The number of rotatable bonds is 7. The normalized spacial score (nSPS) is 16.2. The van der Waals surface area contributed by atoms with Gasteiger partial charge in [0.25, 0.3) is 5.91 Å². The number of likely N-dealkylation sites (tertiary alicyclic amines) is 1. The molecule has 3 heterocycles. The third kappa shape index (κ3) is 5.68. The quantitative estimate of drug-likeness (QED) is 0.485. The molecule has 0 N–H and O–H groups in total. The summed E-state index contributed by atoms with van der Waals surface area (Å²) < 4.78 is 24.0. The molecule has 3 aromatic rings. The Morgan fingerprint density at radius 3 is 2.77 bits per heavy atom. The highest BCUT2D eigenvalue weighted by Gasteiger charge is 2.30. The third-order valence-electron chi connectivity index (χ3n) is 4.91. The van der Waals surface area contributed by atoms with Gasteiger partial charge in [-0.25, -0.2) is 9.37 Å². The number of thiophene rings is 1. The maximum atomic E-state index is 12.9. The minimum absolute atomic E-state index is 0.0298. The number of carbonyl (C=O) groups is 2. The van der Waals surface area contributed by atoms with Crippen LogP contribution in [0.1, 0.15) is 33.2 Å². The van der Waals surface area contributed by atoms with E-state index in [1.807, 2.05) is 16.8 Å². The van der Waals surface area contributed by atoms with Crippen molar-refractivity contribution in [1.29, 1.82) is 0 Å². The molecule has 1 unspecified atom stereocenters. The Labute approximate surface area is 187 Å². The lowest BCUT2D eigenvalue weighted by Gasteiger charge is -2.31. The number of thiazole rings is 1. The van der Waals surface area contributed by atoms with Crippen molar-refractivity contribution in [2.24, 2.45) is 5.92 Å². The Morgan fingerprint density at radius 2 is 2.00 bits per heavy atom. The topological polar surface area (TPSA) is 68.7 Å². The largest absolute Gasteiger partial charge is 0.486 e. The van der Waals surface area contributed by atoms with Gasteiger partial charge < -0.3 is 14.4 Å². The van der Waals surface area contributed by atoms with Crippen LogP contribution in [0.3, 0.4) is 0 Å². The summed E-state index contributed by atoms with van der Waals surface area (Å²) in [6, 6.07) is 9.43. The Hall–Kier alpha value is -2.78. The van der Waals surface area contributed by atoms with E-state index in [2.05, 4.69) is 4.98 Å². The summed E-state index contributed by atoms with van der Waals surface area (Å²) in [7, 11) is 0. The predicted molar refractivity (Wildman–Crippen MR) is 116 cm³/mol. The molecule has 0 saturated carbocycles. The van der Waals surface area contributed by atoms with Gasteiger partial charge in [0.15, 0.2) is 0 Å². The lowest BCUT2D eigenvalue weighted by Crippen LogP contribution is -2.42. The van der Waals surface area contributed by atoms with Crippen molar-refractivity contribution >= 4 is 34.6 Å². The Balaban J connectivity index is 1.25. The summed E-state index contributed by atoms with van der Waals surface area (Å²) in [5, 5.41) is 4.43. The lowest BCUT2D eigenvalue weighted by atomic mass is 9.98. The van der Waals surface area contributed by atoms with Crippen LogP contribution in [0.25, 0.3) is 0 Å². The molecule has 6 nitrogen and oxygen atoms in total. The third-order valence-corrected chi connectivity index (χ3v) is 6.64. The molecule has 0 spiro atoms. The van der Waals surface area contributed by atoms with E-state index in [9.17, 15) is 14.0 Å². The number of piperidine rings is 1. The van der Waals surface area contributed by atoms with Crippen molar-refractivity contribution in [3.05, 3.63) is 68.6 Å². The van der Waals surface area contributed by atoms with E-state index in [-0.39, 0.29) is 36.8 Å². The van der Waals surface area contributed by atoms with Gasteiger partial charge in [0.1, 0.15) is 29.8 Å². The van der Waals surface area contributed by atoms with Crippen molar-refractivity contribution in [2.75, 3.05) is 13.1 Å². The molecule has 1 amide bonds. The van der Waals surface area contributed by atoms with Crippen molar-refractivity contribution in [2.45, 2.75) is 26.1 Å². The second kappa shape index (κ2) is 10.0. The Bertz CT molecular complexity index is 1020. The highest BCUT2D eigenvalue weighted by Crippen LogP contribution is 2.22. The van der Waals surface area contributed by atoms with Crippen molar-refractivity contribution in [1.82, 2.24) is 9.88 Å². The van der Waals surface area contributed by atoms with Crippen LogP contribution >= 0.6 is 22.7 Å². The van der Waals surface area contributed by atoms with Gasteiger partial charge >= 0.3 is 5.97 Å². The second-order valence-corrected chi connectivity index (χ2v) is 9.04. The van der Waals surface area contributed by atoms with Gasteiger partial charge in [0.2, 0.25) is 0 Å². The lowest BCUT2D eigenvalue weighted by molar-refractivity contribution is -0.151. The number of ether oxygens (including phenoxy) is 2. The van der Waals surface area contributed by atoms with Crippen LogP contribution in [0.4, 0.5) is 4.39 Å². The average molecular weight is 461 g/mol. The summed E-state index contributed by atoms with van der Waals surface area (Å²) >= 11 is 2.81. The predicted octanol–water partition coefficient (Wildman–Crippen LogP) is 4.52. The van der Waals surface area contributed by atoms with Crippen molar-refractivity contribution in [3.8, 4) is 5.75 Å². The van der Waals surface area contributed by atoms with Crippen LogP contribution < -0.4 is 4.74 Å².